The molecule has 0 bridgehead atoms. The third-order valence-electron chi connectivity index (χ3n) is 5.51. The van der Waals surface area contributed by atoms with Crippen LogP contribution >= 0.6 is 0 Å². The Hall–Kier alpha value is -4.20. The maximum atomic E-state index is 12.5. The van der Waals surface area contributed by atoms with Gasteiger partial charge in [-0.3, -0.25) is 9.59 Å². The van der Waals surface area contributed by atoms with Gasteiger partial charge in [0.2, 0.25) is 0 Å². The number of carbonyl (C=O) groups excluding carboxylic acids is 2. The molecule has 8 heteroatoms. The van der Waals surface area contributed by atoms with Gasteiger partial charge in [-0.15, -0.1) is 0 Å². The highest BCUT2D eigenvalue weighted by Crippen LogP contribution is 2.34. The number of amides is 2. The maximum Gasteiger partial charge on any atom is 0.265 e. The fourth-order valence-corrected chi connectivity index (χ4v) is 3.65. The largest absolute Gasteiger partial charge is 0.497 e. The molecular formula is C27H28N2O6. The average molecular weight is 477 g/mol. The molecule has 0 fully saturated rings. The number of aryl methyl sites for hydroxylation is 1. The molecular weight excluding hydrogens is 448 g/mol. The van der Waals surface area contributed by atoms with Gasteiger partial charge in [-0.1, -0.05) is 19.1 Å². The van der Waals surface area contributed by atoms with Crippen molar-refractivity contribution in [3.63, 3.8) is 0 Å². The summed E-state index contributed by atoms with van der Waals surface area (Å²) in [5.41, 5.74) is 2.26. The van der Waals surface area contributed by atoms with Crippen LogP contribution in [0.3, 0.4) is 0 Å². The lowest BCUT2D eigenvalue weighted by molar-refractivity contribution is -0.121. The van der Waals surface area contributed by atoms with Gasteiger partial charge in [0.05, 0.1) is 19.3 Å². The molecule has 4 rings (SSSR count). The second kappa shape index (κ2) is 11.3. The van der Waals surface area contributed by atoms with E-state index < -0.39 is 0 Å². The summed E-state index contributed by atoms with van der Waals surface area (Å²) in [6.45, 7) is 2.50. The first-order valence-corrected chi connectivity index (χ1v) is 11.4. The molecule has 1 aliphatic heterocycles. The van der Waals surface area contributed by atoms with E-state index in [1.807, 2.05) is 48.5 Å². The van der Waals surface area contributed by atoms with Crippen molar-refractivity contribution < 1.29 is 28.5 Å². The van der Waals surface area contributed by atoms with E-state index in [0.717, 1.165) is 17.7 Å². The number of ether oxygens (including phenoxy) is 4. The zero-order chi connectivity index (χ0) is 24.6. The molecule has 1 N–H and O–H groups in total. The van der Waals surface area contributed by atoms with Gasteiger partial charge in [-0.2, -0.15) is 0 Å². The van der Waals surface area contributed by atoms with Gasteiger partial charge < -0.3 is 29.2 Å². The van der Waals surface area contributed by atoms with Crippen LogP contribution in [0.2, 0.25) is 0 Å². The third-order valence-corrected chi connectivity index (χ3v) is 5.51. The number of carbonyl (C=O) groups is 2. The zero-order valence-corrected chi connectivity index (χ0v) is 19.8. The minimum atomic E-state index is -0.302. The van der Waals surface area contributed by atoms with Crippen LogP contribution in [0.25, 0.3) is 0 Å². The van der Waals surface area contributed by atoms with Crippen molar-refractivity contribution >= 4 is 23.2 Å². The maximum absolute atomic E-state index is 12.5. The van der Waals surface area contributed by atoms with Crippen LogP contribution < -0.4 is 29.2 Å². The van der Waals surface area contributed by atoms with E-state index in [4.69, 9.17) is 18.9 Å². The first-order chi connectivity index (χ1) is 17.1. The van der Waals surface area contributed by atoms with Crippen molar-refractivity contribution in [3.05, 3.63) is 72.3 Å². The van der Waals surface area contributed by atoms with Gasteiger partial charge in [0.1, 0.15) is 29.6 Å². The standard InChI is InChI=1S/C27H28N2O6/c1-3-19-5-4-6-23(15-19)34-17-26(30)28-20-7-12-25-24(16-20)29(27(31)18-35-25)13-14-33-22-10-8-21(32-2)9-11-22/h4-12,15-16H,3,13-14,17-18H2,1-2H3,(H,28,30). The number of nitrogens with one attached hydrogen (secondary N) is 1. The molecule has 0 radical (unpaired) electrons. The molecule has 8 nitrogen and oxygen atoms in total. The highest BCUT2D eigenvalue weighted by Gasteiger charge is 2.26. The number of hydrogen-bond acceptors (Lipinski definition) is 6. The van der Waals surface area contributed by atoms with E-state index in [1.165, 1.54) is 0 Å². The van der Waals surface area contributed by atoms with Crippen molar-refractivity contribution in [2.24, 2.45) is 0 Å². The summed E-state index contributed by atoms with van der Waals surface area (Å²) >= 11 is 0. The summed E-state index contributed by atoms with van der Waals surface area (Å²) in [6.07, 6.45) is 0.890. The number of methoxy groups -OCH3 is 1. The van der Waals surface area contributed by atoms with Gasteiger partial charge in [0.25, 0.3) is 11.8 Å². The predicted octanol–water partition coefficient (Wildman–Crippen LogP) is 4.08. The Labute approximate surface area is 204 Å². The van der Waals surface area contributed by atoms with Gasteiger partial charge in [0, 0.05) is 5.69 Å². The molecule has 1 aliphatic rings. The molecule has 3 aromatic rings. The number of fused-ring (bicyclic) bond motifs is 1. The summed E-state index contributed by atoms with van der Waals surface area (Å²) in [5, 5.41) is 2.82. The van der Waals surface area contributed by atoms with Crippen LogP contribution in [-0.4, -0.2) is 45.3 Å². The Balaban J connectivity index is 1.36. The average Bonchev–Trinajstić information content (AvgIpc) is 2.89. The van der Waals surface area contributed by atoms with Crippen LogP contribution in [0.5, 0.6) is 23.0 Å². The van der Waals surface area contributed by atoms with E-state index >= 15 is 0 Å². The summed E-state index contributed by atoms with van der Waals surface area (Å²) in [7, 11) is 1.60. The SMILES string of the molecule is CCc1cccc(OCC(=O)Nc2ccc3c(c2)N(CCOc2ccc(OC)cc2)C(=O)CO3)c1. The number of hydrogen-bond donors (Lipinski definition) is 1. The van der Waals surface area contributed by atoms with Crippen LogP contribution in [0.15, 0.2) is 66.7 Å². The number of rotatable bonds is 10. The van der Waals surface area contributed by atoms with Crippen molar-refractivity contribution in [2.45, 2.75) is 13.3 Å². The summed E-state index contributed by atoms with van der Waals surface area (Å²) in [5.74, 6) is 2.15. The Morgan fingerprint density at radius 2 is 1.80 bits per heavy atom. The normalized spacial score (nSPS) is 12.4. The second-order valence-corrected chi connectivity index (χ2v) is 7.88. The lowest BCUT2D eigenvalue weighted by Gasteiger charge is -2.29. The first kappa shape index (κ1) is 23.9. The molecule has 35 heavy (non-hydrogen) atoms. The lowest BCUT2D eigenvalue weighted by atomic mass is 10.2. The first-order valence-electron chi connectivity index (χ1n) is 11.4. The third kappa shape index (κ3) is 6.23. The molecule has 0 saturated carbocycles. The second-order valence-electron chi connectivity index (χ2n) is 7.88. The molecule has 0 aliphatic carbocycles. The van der Waals surface area contributed by atoms with Crippen LogP contribution in [0.1, 0.15) is 12.5 Å². The Morgan fingerprint density at radius 1 is 1.00 bits per heavy atom. The number of anilines is 2. The zero-order valence-electron chi connectivity index (χ0n) is 19.8. The number of benzene rings is 3. The molecule has 0 aromatic heterocycles. The molecule has 3 aromatic carbocycles. The molecule has 0 spiro atoms. The highest BCUT2D eigenvalue weighted by molar-refractivity contribution is 5.99. The van der Waals surface area contributed by atoms with Crippen LogP contribution in [0.4, 0.5) is 11.4 Å². The molecule has 182 valence electrons. The summed E-state index contributed by atoms with van der Waals surface area (Å²) < 4.78 is 22.1. The van der Waals surface area contributed by atoms with Crippen molar-refractivity contribution in [3.8, 4) is 23.0 Å². The number of nitrogens with zero attached hydrogens (tertiary/aromatic N) is 1. The Bertz CT molecular complexity index is 1180. The van der Waals surface area contributed by atoms with Crippen molar-refractivity contribution in [2.75, 3.05) is 43.7 Å². The topological polar surface area (TPSA) is 86.3 Å². The molecule has 0 saturated heterocycles. The monoisotopic (exact) mass is 476 g/mol. The van der Waals surface area contributed by atoms with Gasteiger partial charge in [-0.05, 0) is 66.6 Å². The summed E-state index contributed by atoms with van der Waals surface area (Å²) in [6, 6.07) is 20.1. The fraction of sp³-hybridized carbons (Fsp3) is 0.259. The van der Waals surface area contributed by atoms with E-state index in [9.17, 15) is 9.59 Å². The molecule has 0 atom stereocenters. The minimum Gasteiger partial charge on any atom is -0.497 e. The van der Waals surface area contributed by atoms with E-state index in [2.05, 4.69) is 12.2 Å². The van der Waals surface area contributed by atoms with Gasteiger partial charge in [0.15, 0.2) is 13.2 Å². The van der Waals surface area contributed by atoms with E-state index in [0.29, 0.717) is 41.8 Å². The van der Waals surface area contributed by atoms with Gasteiger partial charge >= 0.3 is 0 Å². The molecule has 2 amide bonds. The molecule has 1 heterocycles. The fourth-order valence-electron chi connectivity index (χ4n) is 3.65. The lowest BCUT2D eigenvalue weighted by Crippen LogP contribution is -2.41. The molecule has 0 unspecified atom stereocenters. The van der Waals surface area contributed by atoms with Crippen molar-refractivity contribution in [1.29, 1.82) is 0 Å². The quantitative estimate of drug-likeness (QED) is 0.475. The van der Waals surface area contributed by atoms with Crippen LogP contribution in [-0.2, 0) is 16.0 Å². The Kier molecular flexibility index (Phi) is 7.72. The van der Waals surface area contributed by atoms with E-state index in [1.54, 1.807) is 30.2 Å². The predicted molar refractivity (Wildman–Crippen MR) is 133 cm³/mol. The van der Waals surface area contributed by atoms with Crippen LogP contribution in [0, 0.1) is 0 Å². The Morgan fingerprint density at radius 3 is 2.57 bits per heavy atom. The minimum absolute atomic E-state index is 0.0497. The summed E-state index contributed by atoms with van der Waals surface area (Å²) in [4.78, 5) is 26.6. The van der Waals surface area contributed by atoms with Crippen molar-refractivity contribution in [1.82, 2.24) is 0 Å². The van der Waals surface area contributed by atoms with Gasteiger partial charge in [-0.25, -0.2) is 0 Å². The smallest absolute Gasteiger partial charge is 0.265 e. The highest BCUT2D eigenvalue weighted by atomic mass is 16.5. The van der Waals surface area contributed by atoms with E-state index in [-0.39, 0.29) is 25.0 Å².